The van der Waals surface area contributed by atoms with Crippen LogP contribution >= 0.6 is 0 Å². The molecule has 0 radical (unpaired) electrons. The molecule has 10 nitrogen and oxygen atoms in total. The number of benzene rings is 2. The topological polar surface area (TPSA) is 87.8 Å². The SMILES string of the molecule is CN(C)/C=C/C(=O)N1CCN(CCn2c(C#N)cc3cc(CN4CCC5(CC4)CN(c4ncnc6ccc(CC(F)(F)F)cc46)C5)ccc32)CC1. The van der Waals surface area contributed by atoms with Gasteiger partial charge in [0, 0.05) is 107 Å². The Balaban J connectivity index is 0.922. The summed E-state index contributed by atoms with van der Waals surface area (Å²) >= 11 is 0. The lowest BCUT2D eigenvalue weighted by Crippen LogP contribution is -2.60. The van der Waals surface area contributed by atoms with Gasteiger partial charge in [0.1, 0.15) is 23.9 Å². The highest BCUT2D eigenvalue weighted by molar-refractivity contribution is 5.90. The van der Waals surface area contributed by atoms with Crippen molar-refractivity contribution in [2.45, 2.75) is 38.5 Å². The molecule has 0 N–H and O–H groups in total. The Bertz CT molecular complexity index is 1960. The second-order valence-electron chi connectivity index (χ2n) is 14.6. The van der Waals surface area contributed by atoms with E-state index in [1.54, 1.807) is 24.4 Å². The lowest BCUT2D eigenvalue weighted by Gasteiger charge is -2.54. The van der Waals surface area contributed by atoms with Gasteiger partial charge in [0.2, 0.25) is 5.91 Å². The maximum absolute atomic E-state index is 13.1. The maximum Gasteiger partial charge on any atom is 0.393 e. The van der Waals surface area contributed by atoms with E-state index in [0.717, 1.165) is 81.9 Å². The molecule has 3 fully saturated rings. The van der Waals surface area contributed by atoms with Crippen molar-refractivity contribution in [1.29, 1.82) is 5.26 Å². The molecule has 2 aromatic carbocycles. The number of amides is 1. The van der Waals surface area contributed by atoms with E-state index in [0.29, 0.717) is 36.2 Å². The summed E-state index contributed by atoms with van der Waals surface area (Å²) in [5.74, 6) is 0.761. The molecule has 3 aliphatic heterocycles. The summed E-state index contributed by atoms with van der Waals surface area (Å²) in [6.07, 6.45) is 1.78. The fourth-order valence-corrected chi connectivity index (χ4v) is 7.86. The molecule has 13 heteroatoms. The summed E-state index contributed by atoms with van der Waals surface area (Å²) in [5, 5.41) is 11.7. The number of piperidine rings is 1. The molecule has 0 aliphatic carbocycles. The van der Waals surface area contributed by atoms with Crippen molar-refractivity contribution >= 4 is 33.5 Å². The number of hydrogen-bond donors (Lipinski definition) is 0. The Morgan fingerprint density at radius 2 is 1.69 bits per heavy atom. The molecule has 0 atom stereocenters. The van der Waals surface area contributed by atoms with Crippen LogP contribution in [-0.2, 0) is 24.3 Å². The third-order valence-corrected chi connectivity index (χ3v) is 10.7. The molecule has 3 saturated heterocycles. The molecule has 1 amide bonds. The van der Waals surface area contributed by atoms with Gasteiger partial charge in [-0.15, -0.1) is 0 Å². The standard InChI is InChI=1S/C38H44F3N9O/c1-45(2)10-7-35(51)48-16-13-46(14-17-48)15-18-50-31(23-42)21-30-19-29(4-6-34(30)50)24-47-11-8-37(9-12-47)25-49(26-37)36-32-20-28(22-38(39,40)41)3-5-33(32)43-27-44-36/h3-7,10,19-21,27H,8-9,11-18,22,24-26H2,1-2H3/b10-7+. The van der Waals surface area contributed by atoms with Gasteiger partial charge in [-0.1, -0.05) is 12.1 Å². The van der Waals surface area contributed by atoms with Crippen LogP contribution < -0.4 is 4.90 Å². The first-order valence-corrected chi connectivity index (χ1v) is 17.6. The molecule has 4 aromatic rings. The first-order valence-electron chi connectivity index (χ1n) is 17.6. The van der Waals surface area contributed by atoms with E-state index in [2.05, 4.69) is 53.5 Å². The van der Waals surface area contributed by atoms with Crippen LogP contribution in [0.3, 0.4) is 0 Å². The van der Waals surface area contributed by atoms with Crippen molar-refractivity contribution in [2.24, 2.45) is 5.41 Å². The van der Waals surface area contributed by atoms with E-state index in [-0.39, 0.29) is 16.9 Å². The van der Waals surface area contributed by atoms with Crippen LogP contribution in [0, 0.1) is 16.7 Å². The molecule has 2 aromatic heterocycles. The number of piperazine rings is 1. The third-order valence-electron chi connectivity index (χ3n) is 10.7. The monoisotopic (exact) mass is 699 g/mol. The number of nitriles is 1. The Kier molecular flexibility index (Phi) is 9.65. The second-order valence-corrected chi connectivity index (χ2v) is 14.6. The second kappa shape index (κ2) is 14.2. The molecule has 268 valence electrons. The van der Waals surface area contributed by atoms with Gasteiger partial charge in [0.15, 0.2) is 0 Å². The lowest BCUT2D eigenvalue weighted by molar-refractivity contribution is -0.128. The Labute approximate surface area is 296 Å². The van der Waals surface area contributed by atoms with E-state index >= 15 is 0 Å². The first kappa shape index (κ1) is 34.8. The van der Waals surface area contributed by atoms with Gasteiger partial charge in [-0.05, 0) is 67.4 Å². The number of carbonyl (C=O) groups excluding carboxylic acids is 1. The summed E-state index contributed by atoms with van der Waals surface area (Å²) < 4.78 is 41.3. The Morgan fingerprint density at radius 3 is 2.39 bits per heavy atom. The quantitative estimate of drug-likeness (QED) is 0.229. The summed E-state index contributed by atoms with van der Waals surface area (Å²) in [7, 11) is 3.80. The van der Waals surface area contributed by atoms with E-state index in [1.807, 2.05) is 30.0 Å². The highest BCUT2D eigenvalue weighted by atomic mass is 19.4. The van der Waals surface area contributed by atoms with Gasteiger partial charge in [-0.3, -0.25) is 14.6 Å². The largest absolute Gasteiger partial charge is 0.393 e. The smallest absolute Gasteiger partial charge is 0.383 e. The van der Waals surface area contributed by atoms with Crippen molar-refractivity contribution in [3.63, 3.8) is 0 Å². The number of fused-ring (bicyclic) bond motifs is 2. The number of aromatic nitrogens is 3. The molecule has 5 heterocycles. The van der Waals surface area contributed by atoms with Crippen LogP contribution in [0.15, 0.2) is 61.1 Å². The van der Waals surface area contributed by atoms with Crippen molar-refractivity contribution in [3.05, 3.63) is 77.9 Å². The van der Waals surface area contributed by atoms with Crippen molar-refractivity contribution < 1.29 is 18.0 Å². The Morgan fingerprint density at radius 1 is 0.941 bits per heavy atom. The molecule has 7 rings (SSSR count). The van der Waals surface area contributed by atoms with Crippen LogP contribution in [0.2, 0.25) is 0 Å². The van der Waals surface area contributed by atoms with Crippen LogP contribution in [-0.4, -0.2) is 119 Å². The minimum Gasteiger partial charge on any atom is -0.383 e. The third kappa shape index (κ3) is 7.82. The van der Waals surface area contributed by atoms with Crippen molar-refractivity contribution in [1.82, 2.24) is 34.1 Å². The molecular weight excluding hydrogens is 655 g/mol. The fourth-order valence-electron chi connectivity index (χ4n) is 7.86. The highest BCUT2D eigenvalue weighted by Gasteiger charge is 2.45. The van der Waals surface area contributed by atoms with Crippen LogP contribution in [0.5, 0.6) is 0 Å². The van der Waals surface area contributed by atoms with Crippen molar-refractivity contribution in [3.8, 4) is 6.07 Å². The molecule has 0 unspecified atom stereocenters. The predicted octanol–water partition coefficient (Wildman–Crippen LogP) is 4.88. The normalized spacial score (nSPS) is 18.5. The molecular formula is C38H44F3N9O. The summed E-state index contributed by atoms with van der Waals surface area (Å²) in [5.41, 5.74) is 4.02. The van der Waals surface area contributed by atoms with Gasteiger partial charge in [0.25, 0.3) is 0 Å². The van der Waals surface area contributed by atoms with Gasteiger partial charge in [-0.25, -0.2) is 9.97 Å². The fraction of sp³-hybridized carbons (Fsp3) is 0.474. The van der Waals surface area contributed by atoms with Gasteiger partial charge in [0.05, 0.1) is 11.9 Å². The predicted molar refractivity (Wildman–Crippen MR) is 191 cm³/mol. The molecule has 0 bridgehead atoms. The number of carbonyl (C=O) groups is 1. The van der Waals surface area contributed by atoms with E-state index < -0.39 is 12.6 Å². The molecule has 51 heavy (non-hydrogen) atoms. The molecule has 0 saturated carbocycles. The summed E-state index contributed by atoms with van der Waals surface area (Å²) in [4.78, 5) is 32.0. The number of rotatable bonds is 9. The minimum absolute atomic E-state index is 0.0415. The van der Waals surface area contributed by atoms with E-state index in [9.17, 15) is 23.2 Å². The summed E-state index contributed by atoms with van der Waals surface area (Å²) in [6, 6.07) is 15.6. The zero-order valence-electron chi connectivity index (χ0n) is 29.2. The maximum atomic E-state index is 13.1. The van der Waals surface area contributed by atoms with E-state index in [4.69, 9.17) is 0 Å². The molecule has 1 spiro atoms. The number of nitrogens with zero attached hydrogens (tertiary/aromatic N) is 9. The number of halogens is 3. The number of hydrogen-bond acceptors (Lipinski definition) is 8. The van der Waals surface area contributed by atoms with Crippen LogP contribution in [0.1, 0.15) is 29.7 Å². The number of anilines is 1. The van der Waals surface area contributed by atoms with Gasteiger partial charge < -0.3 is 19.3 Å². The number of likely N-dealkylation sites (tertiary alicyclic amines) is 1. The molecule has 3 aliphatic rings. The zero-order valence-corrected chi connectivity index (χ0v) is 29.2. The first-order chi connectivity index (χ1) is 24.5. The average molecular weight is 700 g/mol. The van der Waals surface area contributed by atoms with Crippen LogP contribution in [0.4, 0.5) is 19.0 Å². The van der Waals surface area contributed by atoms with Crippen LogP contribution in [0.25, 0.3) is 21.8 Å². The van der Waals surface area contributed by atoms with Gasteiger partial charge >= 0.3 is 6.18 Å². The average Bonchev–Trinajstić information content (AvgIpc) is 3.45. The van der Waals surface area contributed by atoms with E-state index in [1.165, 1.54) is 18.0 Å². The summed E-state index contributed by atoms with van der Waals surface area (Å²) in [6.45, 7) is 9.02. The van der Waals surface area contributed by atoms with Gasteiger partial charge in [-0.2, -0.15) is 18.4 Å². The van der Waals surface area contributed by atoms with Crippen molar-refractivity contribution in [2.75, 3.05) is 77.9 Å². The Hall–Kier alpha value is -4.67. The lowest BCUT2D eigenvalue weighted by atomic mass is 9.72. The minimum atomic E-state index is -4.26. The zero-order chi connectivity index (χ0) is 35.8. The number of alkyl halides is 3. The highest BCUT2D eigenvalue weighted by Crippen LogP contribution is 2.44.